The van der Waals surface area contributed by atoms with Gasteiger partial charge < -0.3 is 15.3 Å². The predicted molar refractivity (Wildman–Crippen MR) is 82.1 cm³/mol. The number of aliphatic carboxylic acids is 1. The molecule has 1 aliphatic carbocycles. The summed E-state index contributed by atoms with van der Waals surface area (Å²) in [6, 6.07) is -0.0642. The van der Waals surface area contributed by atoms with Crippen molar-refractivity contribution in [3.63, 3.8) is 0 Å². The number of hydrogen-bond donors (Lipinski definition) is 2. The molecule has 6 heteroatoms. The maximum atomic E-state index is 12.3. The molecule has 0 radical (unpaired) electrons. The molecule has 2 unspecified atom stereocenters. The summed E-state index contributed by atoms with van der Waals surface area (Å²) in [6.45, 7) is 6.32. The Morgan fingerprint density at radius 1 is 1.40 bits per heavy atom. The Morgan fingerprint density at radius 3 is 2.65 bits per heavy atom. The molecule has 0 heterocycles. The fraction of sp³-hybridized carbons (Fsp3) is 0.857. The number of carbonyl (C=O) groups is 2. The molecule has 0 bridgehead atoms. The third kappa shape index (κ3) is 5.61. The van der Waals surface area contributed by atoms with Crippen LogP contribution < -0.4 is 5.32 Å². The number of hydrogen-bond acceptors (Lipinski definition) is 3. The first kappa shape index (κ1) is 17.1. The quantitative estimate of drug-likeness (QED) is 0.758. The fourth-order valence-corrected chi connectivity index (χ4v) is 3.78. The molecule has 0 aromatic heterocycles. The summed E-state index contributed by atoms with van der Waals surface area (Å²) in [7, 11) is 0. The molecular weight excluding hydrogens is 276 g/mol. The molecular formula is C14H26N2O3S. The minimum atomic E-state index is -0.966. The minimum absolute atomic E-state index is 0.177. The van der Waals surface area contributed by atoms with Crippen LogP contribution in [0.4, 0.5) is 4.79 Å². The Hall–Kier alpha value is -0.910. The van der Waals surface area contributed by atoms with Crippen molar-refractivity contribution in [2.45, 2.75) is 51.3 Å². The van der Waals surface area contributed by atoms with Gasteiger partial charge in [-0.25, -0.2) is 4.79 Å². The van der Waals surface area contributed by atoms with E-state index in [0.29, 0.717) is 11.8 Å². The Labute approximate surface area is 125 Å². The van der Waals surface area contributed by atoms with Crippen molar-refractivity contribution in [3.8, 4) is 0 Å². The summed E-state index contributed by atoms with van der Waals surface area (Å²) >= 11 is 1.88. The van der Waals surface area contributed by atoms with Gasteiger partial charge in [0.25, 0.3) is 0 Å². The van der Waals surface area contributed by atoms with E-state index in [-0.39, 0.29) is 24.5 Å². The topological polar surface area (TPSA) is 69.6 Å². The lowest BCUT2D eigenvalue weighted by atomic mass is 10.2. The number of urea groups is 1. The zero-order valence-corrected chi connectivity index (χ0v) is 13.4. The summed E-state index contributed by atoms with van der Waals surface area (Å²) in [4.78, 5) is 24.5. The van der Waals surface area contributed by atoms with Crippen LogP contribution in [0.5, 0.6) is 0 Å². The summed E-state index contributed by atoms with van der Waals surface area (Å²) in [5.41, 5.74) is 0. The van der Waals surface area contributed by atoms with Crippen molar-refractivity contribution >= 4 is 23.8 Å². The molecule has 1 saturated carbocycles. The van der Waals surface area contributed by atoms with E-state index in [1.807, 2.05) is 25.6 Å². The van der Waals surface area contributed by atoms with Crippen LogP contribution in [-0.4, -0.2) is 52.1 Å². The van der Waals surface area contributed by atoms with Gasteiger partial charge in [0.1, 0.15) is 6.54 Å². The van der Waals surface area contributed by atoms with Gasteiger partial charge in [0, 0.05) is 17.8 Å². The third-order valence-electron chi connectivity index (χ3n) is 3.34. The van der Waals surface area contributed by atoms with E-state index in [0.717, 1.165) is 25.0 Å². The lowest BCUT2D eigenvalue weighted by molar-refractivity contribution is -0.137. The zero-order chi connectivity index (χ0) is 15.1. The van der Waals surface area contributed by atoms with E-state index >= 15 is 0 Å². The second kappa shape index (κ2) is 8.39. The molecule has 0 aromatic carbocycles. The highest BCUT2D eigenvalue weighted by molar-refractivity contribution is 7.99. The highest BCUT2D eigenvalue weighted by Crippen LogP contribution is 2.29. The van der Waals surface area contributed by atoms with E-state index in [9.17, 15) is 9.59 Å². The lowest BCUT2D eigenvalue weighted by Gasteiger charge is -2.27. The average molecular weight is 302 g/mol. The second-order valence-electron chi connectivity index (χ2n) is 5.65. The van der Waals surface area contributed by atoms with Gasteiger partial charge in [-0.2, -0.15) is 11.8 Å². The number of thioether (sulfide) groups is 1. The van der Waals surface area contributed by atoms with Crippen molar-refractivity contribution in [2.24, 2.45) is 5.92 Å². The van der Waals surface area contributed by atoms with Gasteiger partial charge in [0.2, 0.25) is 0 Å². The van der Waals surface area contributed by atoms with Crippen molar-refractivity contribution in [2.75, 3.05) is 18.8 Å². The molecule has 1 aliphatic rings. The largest absolute Gasteiger partial charge is 0.480 e. The van der Waals surface area contributed by atoms with Crippen LogP contribution in [0.15, 0.2) is 0 Å². The van der Waals surface area contributed by atoms with E-state index in [4.69, 9.17) is 5.11 Å². The van der Waals surface area contributed by atoms with E-state index in [2.05, 4.69) is 12.2 Å². The summed E-state index contributed by atoms with van der Waals surface area (Å²) in [6.07, 6.45) is 3.25. The van der Waals surface area contributed by atoms with E-state index in [1.165, 1.54) is 4.90 Å². The second-order valence-corrected chi connectivity index (χ2v) is 7.16. The SMILES string of the molecule is CCSC1CCCC1NC(=O)N(CC(=O)O)CC(C)C. The van der Waals surface area contributed by atoms with Crippen molar-refractivity contribution < 1.29 is 14.7 Å². The van der Waals surface area contributed by atoms with Gasteiger partial charge >= 0.3 is 12.0 Å². The first-order valence-electron chi connectivity index (χ1n) is 7.32. The van der Waals surface area contributed by atoms with Crippen LogP contribution >= 0.6 is 11.8 Å². The van der Waals surface area contributed by atoms with Gasteiger partial charge in [-0.05, 0) is 24.5 Å². The highest BCUT2D eigenvalue weighted by atomic mass is 32.2. The predicted octanol–water partition coefficient (Wildman–Crippen LogP) is 2.41. The molecule has 2 atom stereocenters. The Bertz CT molecular complexity index is 336. The van der Waals surface area contributed by atoms with Gasteiger partial charge in [-0.1, -0.05) is 27.2 Å². The van der Waals surface area contributed by atoms with Crippen LogP contribution in [0.1, 0.15) is 40.0 Å². The number of rotatable bonds is 7. The Morgan fingerprint density at radius 2 is 2.10 bits per heavy atom. The number of carboxylic acids is 1. The van der Waals surface area contributed by atoms with Gasteiger partial charge in [-0.3, -0.25) is 4.79 Å². The summed E-state index contributed by atoms with van der Waals surface area (Å²) in [5, 5.41) is 12.4. The molecule has 0 aliphatic heterocycles. The van der Waals surface area contributed by atoms with Crippen LogP contribution in [0, 0.1) is 5.92 Å². The smallest absolute Gasteiger partial charge is 0.323 e. The van der Waals surface area contributed by atoms with Crippen LogP contribution in [0.2, 0.25) is 0 Å². The standard InChI is InChI=1S/C14H26N2O3S/c1-4-20-12-7-5-6-11(12)15-14(19)16(8-10(2)3)9-13(17)18/h10-12H,4-9H2,1-3H3,(H,15,19)(H,17,18). The van der Waals surface area contributed by atoms with Crippen LogP contribution in [-0.2, 0) is 4.79 Å². The zero-order valence-electron chi connectivity index (χ0n) is 12.6. The van der Waals surface area contributed by atoms with Crippen LogP contribution in [0.3, 0.4) is 0 Å². The monoisotopic (exact) mass is 302 g/mol. The number of nitrogens with one attached hydrogen (secondary N) is 1. The highest BCUT2D eigenvalue weighted by Gasteiger charge is 2.30. The lowest BCUT2D eigenvalue weighted by Crippen LogP contribution is -2.49. The Balaban J connectivity index is 2.57. The summed E-state index contributed by atoms with van der Waals surface area (Å²) < 4.78 is 0. The van der Waals surface area contributed by atoms with Crippen LogP contribution in [0.25, 0.3) is 0 Å². The molecule has 2 N–H and O–H groups in total. The first-order chi connectivity index (χ1) is 9.43. The Kier molecular flexibility index (Phi) is 7.19. The van der Waals surface area contributed by atoms with Gasteiger partial charge in [-0.15, -0.1) is 0 Å². The number of carbonyl (C=O) groups excluding carboxylic acids is 1. The molecule has 0 saturated heterocycles. The molecule has 0 aromatic rings. The van der Waals surface area contributed by atoms with Crippen molar-refractivity contribution in [1.29, 1.82) is 0 Å². The molecule has 2 amide bonds. The summed E-state index contributed by atoms with van der Waals surface area (Å²) in [5.74, 6) is 0.332. The molecule has 1 rings (SSSR count). The first-order valence-corrected chi connectivity index (χ1v) is 8.37. The number of amides is 2. The molecule has 1 fully saturated rings. The maximum absolute atomic E-state index is 12.3. The average Bonchev–Trinajstić information content (AvgIpc) is 2.75. The third-order valence-corrected chi connectivity index (χ3v) is 4.67. The fourth-order valence-electron chi connectivity index (χ4n) is 2.58. The minimum Gasteiger partial charge on any atom is -0.480 e. The molecule has 20 heavy (non-hydrogen) atoms. The van der Waals surface area contributed by atoms with E-state index in [1.54, 1.807) is 0 Å². The molecule has 116 valence electrons. The molecule has 5 nitrogen and oxygen atoms in total. The normalized spacial score (nSPS) is 22.0. The number of carboxylic acid groups (broad SMARTS) is 1. The van der Waals surface area contributed by atoms with Crippen molar-refractivity contribution in [1.82, 2.24) is 10.2 Å². The number of nitrogens with zero attached hydrogens (tertiary/aromatic N) is 1. The van der Waals surface area contributed by atoms with Gasteiger partial charge in [0.15, 0.2) is 0 Å². The molecule has 0 spiro atoms. The maximum Gasteiger partial charge on any atom is 0.323 e. The van der Waals surface area contributed by atoms with Crippen molar-refractivity contribution in [3.05, 3.63) is 0 Å². The van der Waals surface area contributed by atoms with Gasteiger partial charge in [0.05, 0.1) is 0 Å². The van der Waals surface area contributed by atoms with E-state index < -0.39 is 5.97 Å².